The third kappa shape index (κ3) is 3.01. The van der Waals surface area contributed by atoms with E-state index >= 15 is 0 Å². The minimum Gasteiger partial charge on any atom is -0.497 e. The molecule has 0 N–H and O–H groups in total. The summed E-state index contributed by atoms with van der Waals surface area (Å²) in [5.74, 6) is 2.34. The van der Waals surface area contributed by atoms with Crippen LogP contribution in [0.5, 0.6) is 11.5 Å². The third-order valence-electron chi connectivity index (χ3n) is 4.90. The molecule has 0 aliphatic heterocycles. The van der Waals surface area contributed by atoms with E-state index in [4.69, 9.17) is 14.0 Å². The molecule has 6 nitrogen and oxygen atoms in total. The maximum Gasteiger partial charge on any atom is 0.258 e. The smallest absolute Gasteiger partial charge is 0.258 e. The van der Waals surface area contributed by atoms with Crippen molar-refractivity contribution in [3.63, 3.8) is 0 Å². The van der Waals surface area contributed by atoms with Crippen molar-refractivity contribution in [2.75, 3.05) is 14.2 Å². The number of hydrogen-bond acceptors (Lipinski definition) is 5. The number of aryl methyl sites for hydroxylation is 1. The first-order valence-electron chi connectivity index (χ1n) is 9.19. The second-order valence-corrected chi connectivity index (χ2v) is 7.04. The molecule has 4 aromatic rings. The maximum atomic E-state index is 5.56. The molecular weight excluding hydrogens is 354 g/mol. The van der Waals surface area contributed by atoms with Crippen LogP contribution in [0, 0.1) is 6.92 Å². The fraction of sp³-hybridized carbons (Fsp3) is 0.273. The zero-order valence-electron chi connectivity index (χ0n) is 16.7. The molecule has 0 amide bonds. The molecule has 2 heterocycles. The average Bonchev–Trinajstić information content (AvgIpc) is 3.33. The lowest BCUT2D eigenvalue weighted by Gasteiger charge is -2.10. The minimum absolute atomic E-state index is 0.406. The highest BCUT2D eigenvalue weighted by Gasteiger charge is 2.18. The molecule has 0 saturated carbocycles. The minimum atomic E-state index is 0.406. The summed E-state index contributed by atoms with van der Waals surface area (Å²) in [6.45, 7) is 6.31. The SMILES string of the molecule is COc1cc(C)c(-c2noc(-c3ccc4c(ccn4C(C)C)c3)n2)c(OC)c1. The number of benzene rings is 2. The molecule has 0 fully saturated rings. The molecule has 0 aliphatic carbocycles. The predicted molar refractivity (Wildman–Crippen MR) is 109 cm³/mol. The molecule has 0 unspecified atom stereocenters. The standard InChI is InChI=1S/C22H23N3O3/c1-13(2)25-9-8-15-11-16(6-7-18(15)25)22-23-21(24-28-22)20-14(3)10-17(26-4)12-19(20)27-5/h6-13H,1-5H3. The summed E-state index contributed by atoms with van der Waals surface area (Å²) < 4.78 is 18.6. The van der Waals surface area contributed by atoms with Gasteiger partial charge in [0.15, 0.2) is 0 Å². The molecule has 4 rings (SSSR count). The van der Waals surface area contributed by atoms with E-state index in [0.717, 1.165) is 27.8 Å². The topological polar surface area (TPSA) is 62.3 Å². The van der Waals surface area contributed by atoms with Crippen molar-refractivity contribution in [1.29, 1.82) is 0 Å². The van der Waals surface area contributed by atoms with Gasteiger partial charge in [0.25, 0.3) is 5.89 Å². The number of aromatic nitrogens is 3. The molecule has 0 saturated heterocycles. The summed E-state index contributed by atoms with van der Waals surface area (Å²) in [4.78, 5) is 4.62. The first-order valence-corrected chi connectivity index (χ1v) is 9.19. The number of nitrogens with zero attached hydrogens (tertiary/aromatic N) is 3. The Labute approximate surface area is 163 Å². The van der Waals surface area contributed by atoms with Gasteiger partial charge in [0.2, 0.25) is 5.82 Å². The first-order chi connectivity index (χ1) is 13.5. The van der Waals surface area contributed by atoms with Crippen LogP contribution in [0.2, 0.25) is 0 Å². The zero-order valence-corrected chi connectivity index (χ0v) is 16.7. The molecule has 0 spiro atoms. The summed E-state index contributed by atoms with van der Waals surface area (Å²) in [6.07, 6.45) is 2.10. The average molecular weight is 377 g/mol. The van der Waals surface area contributed by atoms with Crippen molar-refractivity contribution < 1.29 is 14.0 Å². The molecule has 0 bridgehead atoms. The van der Waals surface area contributed by atoms with Crippen LogP contribution >= 0.6 is 0 Å². The molecule has 2 aromatic heterocycles. The normalized spacial score (nSPS) is 11.4. The van der Waals surface area contributed by atoms with Crippen molar-refractivity contribution in [2.24, 2.45) is 0 Å². The molecule has 144 valence electrons. The Morgan fingerprint density at radius 1 is 1.04 bits per heavy atom. The van der Waals surface area contributed by atoms with Crippen LogP contribution in [0.15, 0.2) is 47.1 Å². The van der Waals surface area contributed by atoms with Crippen LogP contribution < -0.4 is 9.47 Å². The van der Waals surface area contributed by atoms with Crippen molar-refractivity contribution in [1.82, 2.24) is 14.7 Å². The van der Waals surface area contributed by atoms with Crippen molar-refractivity contribution in [3.8, 4) is 34.3 Å². The van der Waals surface area contributed by atoms with E-state index in [0.29, 0.717) is 23.5 Å². The molecule has 6 heteroatoms. The van der Waals surface area contributed by atoms with Crippen LogP contribution in [-0.2, 0) is 0 Å². The van der Waals surface area contributed by atoms with E-state index in [1.807, 2.05) is 25.1 Å². The van der Waals surface area contributed by atoms with E-state index < -0.39 is 0 Å². The lowest BCUT2D eigenvalue weighted by molar-refractivity contribution is 0.394. The number of methoxy groups -OCH3 is 2. The fourth-order valence-corrected chi connectivity index (χ4v) is 3.48. The summed E-state index contributed by atoms with van der Waals surface area (Å²) in [5, 5.41) is 5.33. The quantitative estimate of drug-likeness (QED) is 0.474. The van der Waals surface area contributed by atoms with Gasteiger partial charge in [-0.3, -0.25) is 0 Å². The van der Waals surface area contributed by atoms with Crippen LogP contribution in [0.1, 0.15) is 25.5 Å². The molecule has 28 heavy (non-hydrogen) atoms. The Bertz CT molecular complexity index is 1140. The van der Waals surface area contributed by atoms with Gasteiger partial charge >= 0.3 is 0 Å². The Hall–Kier alpha value is -3.28. The number of fused-ring (bicyclic) bond motifs is 1. The van der Waals surface area contributed by atoms with Crippen LogP contribution in [0.3, 0.4) is 0 Å². The van der Waals surface area contributed by atoms with E-state index in [1.165, 1.54) is 5.52 Å². The Balaban J connectivity index is 1.75. The second kappa shape index (κ2) is 7.03. The zero-order chi connectivity index (χ0) is 19.8. The largest absolute Gasteiger partial charge is 0.497 e. The molecule has 0 aliphatic rings. The number of hydrogen-bond donors (Lipinski definition) is 0. The number of rotatable bonds is 5. The van der Waals surface area contributed by atoms with Gasteiger partial charge in [0, 0.05) is 34.8 Å². The van der Waals surface area contributed by atoms with Crippen molar-refractivity contribution >= 4 is 10.9 Å². The van der Waals surface area contributed by atoms with Crippen molar-refractivity contribution in [3.05, 3.63) is 48.2 Å². The Morgan fingerprint density at radius 2 is 1.86 bits per heavy atom. The summed E-state index contributed by atoms with van der Waals surface area (Å²) in [7, 11) is 3.25. The monoisotopic (exact) mass is 377 g/mol. The first kappa shape index (κ1) is 18.1. The Morgan fingerprint density at radius 3 is 2.57 bits per heavy atom. The molecule has 0 atom stereocenters. The highest BCUT2D eigenvalue weighted by molar-refractivity contribution is 5.84. The third-order valence-corrected chi connectivity index (χ3v) is 4.90. The van der Waals surface area contributed by atoms with Crippen LogP contribution in [0.4, 0.5) is 0 Å². The van der Waals surface area contributed by atoms with Gasteiger partial charge in [0.1, 0.15) is 11.5 Å². The van der Waals surface area contributed by atoms with Gasteiger partial charge in [-0.1, -0.05) is 5.16 Å². The van der Waals surface area contributed by atoms with Crippen molar-refractivity contribution in [2.45, 2.75) is 26.8 Å². The van der Waals surface area contributed by atoms with Gasteiger partial charge in [-0.25, -0.2) is 0 Å². The Kier molecular flexibility index (Phi) is 4.55. The highest BCUT2D eigenvalue weighted by atomic mass is 16.5. The van der Waals surface area contributed by atoms with Gasteiger partial charge in [-0.05, 0) is 56.7 Å². The van der Waals surface area contributed by atoms with Gasteiger partial charge in [0.05, 0.1) is 19.8 Å². The van der Waals surface area contributed by atoms with Crippen LogP contribution in [-0.4, -0.2) is 28.9 Å². The second-order valence-electron chi connectivity index (χ2n) is 7.04. The summed E-state index contributed by atoms with van der Waals surface area (Å²) in [6, 6.07) is 12.4. The summed E-state index contributed by atoms with van der Waals surface area (Å²) in [5.41, 5.74) is 3.82. The fourth-order valence-electron chi connectivity index (χ4n) is 3.48. The lowest BCUT2D eigenvalue weighted by atomic mass is 10.1. The summed E-state index contributed by atoms with van der Waals surface area (Å²) >= 11 is 0. The van der Waals surface area contributed by atoms with Crippen LogP contribution in [0.25, 0.3) is 33.7 Å². The van der Waals surface area contributed by atoms with Gasteiger partial charge in [-0.15, -0.1) is 0 Å². The van der Waals surface area contributed by atoms with E-state index in [9.17, 15) is 0 Å². The van der Waals surface area contributed by atoms with Gasteiger partial charge < -0.3 is 18.6 Å². The maximum absolute atomic E-state index is 5.56. The predicted octanol–water partition coefficient (Wildman–Crippen LogP) is 5.26. The van der Waals surface area contributed by atoms with E-state index in [2.05, 4.69) is 53.0 Å². The van der Waals surface area contributed by atoms with E-state index in [-0.39, 0.29) is 0 Å². The van der Waals surface area contributed by atoms with Gasteiger partial charge in [-0.2, -0.15) is 4.98 Å². The lowest BCUT2D eigenvalue weighted by Crippen LogP contribution is -1.97. The molecular formula is C22H23N3O3. The molecule has 2 aromatic carbocycles. The van der Waals surface area contributed by atoms with E-state index in [1.54, 1.807) is 14.2 Å². The molecule has 0 radical (unpaired) electrons. The number of ether oxygens (including phenoxy) is 2. The highest BCUT2D eigenvalue weighted by Crippen LogP contribution is 2.36.